The Labute approximate surface area is 347 Å². The van der Waals surface area contributed by atoms with Gasteiger partial charge >= 0.3 is 18.0 Å². The van der Waals surface area contributed by atoms with Crippen LogP contribution in [0, 0.1) is 6.92 Å². The first-order chi connectivity index (χ1) is 27.8. The van der Waals surface area contributed by atoms with Gasteiger partial charge in [-0.05, 0) is 82.2 Å². The SMILES string of the molecule is CCCCCCCCOC(CCC(=O)OCc1cc(C)cc(COC(=O)CCC(CCCCCCC)OC(=O)NCCN2CCCC2)c1)OCCCCCCCC. The van der Waals surface area contributed by atoms with Crippen LogP contribution in [0.1, 0.15) is 192 Å². The minimum Gasteiger partial charge on any atom is -0.461 e. The Morgan fingerprint density at radius 2 is 1.12 bits per heavy atom. The minimum absolute atomic E-state index is 0.120. The highest BCUT2D eigenvalue weighted by Crippen LogP contribution is 2.18. The molecule has 10 heteroatoms. The van der Waals surface area contributed by atoms with Crippen molar-refractivity contribution in [3.05, 3.63) is 34.9 Å². The van der Waals surface area contributed by atoms with Gasteiger partial charge in [0, 0.05) is 39.1 Å². The minimum atomic E-state index is -0.414. The number of hydrogen-bond acceptors (Lipinski definition) is 9. The van der Waals surface area contributed by atoms with Gasteiger partial charge in [-0.3, -0.25) is 9.59 Å². The third kappa shape index (κ3) is 27.6. The Morgan fingerprint density at radius 3 is 1.67 bits per heavy atom. The molecule has 0 spiro atoms. The highest BCUT2D eigenvalue weighted by atomic mass is 16.7. The predicted octanol–water partition coefficient (Wildman–Crippen LogP) is 11.3. The van der Waals surface area contributed by atoms with Crippen LogP contribution in [0.5, 0.6) is 0 Å². The maximum atomic E-state index is 12.9. The van der Waals surface area contributed by atoms with Gasteiger partial charge in [-0.1, -0.05) is 128 Å². The van der Waals surface area contributed by atoms with E-state index in [-0.39, 0.29) is 44.1 Å². The van der Waals surface area contributed by atoms with E-state index in [2.05, 4.69) is 31.0 Å². The van der Waals surface area contributed by atoms with Crippen molar-refractivity contribution in [2.45, 2.75) is 207 Å². The number of amides is 1. The molecule has 1 amide bonds. The maximum Gasteiger partial charge on any atom is 0.407 e. The average Bonchev–Trinajstić information content (AvgIpc) is 3.72. The van der Waals surface area contributed by atoms with Gasteiger partial charge in [0.25, 0.3) is 0 Å². The molecule has 1 aliphatic rings. The van der Waals surface area contributed by atoms with Crippen LogP contribution < -0.4 is 5.32 Å². The molecule has 1 heterocycles. The molecule has 0 aliphatic carbocycles. The molecule has 1 saturated heterocycles. The van der Waals surface area contributed by atoms with E-state index in [1.54, 1.807) is 0 Å². The van der Waals surface area contributed by atoms with Crippen LogP contribution in [0.15, 0.2) is 18.2 Å². The number of aryl methyl sites for hydroxylation is 1. The predicted molar refractivity (Wildman–Crippen MR) is 229 cm³/mol. The lowest BCUT2D eigenvalue weighted by Crippen LogP contribution is -2.35. The molecule has 1 N–H and O–H groups in total. The molecule has 0 radical (unpaired) electrons. The van der Waals surface area contributed by atoms with Crippen LogP contribution >= 0.6 is 0 Å². The van der Waals surface area contributed by atoms with Crippen molar-refractivity contribution in [1.82, 2.24) is 10.2 Å². The van der Waals surface area contributed by atoms with E-state index in [1.807, 2.05) is 25.1 Å². The Bertz CT molecular complexity index is 1160. The highest BCUT2D eigenvalue weighted by molar-refractivity contribution is 5.70. The lowest BCUT2D eigenvalue weighted by atomic mass is 10.0. The first kappa shape index (κ1) is 50.5. The van der Waals surface area contributed by atoms with E-state index in [0.29, 0.717) is 32.6 Å². The lowest BCUT2D eigenvalue weighted by Gasteiger charge is -2.19. The maximum absolute atomic E-state index is 12.9. The van der Waals surface area contributed by atoms with E-state index >= 15 is 0 Å². The molecule has 10 nitrogen and oxygen atoms in total. The smallest absolute Gasteiger partial charge is 0.407 e. The summed E-state index contributed by atoms with van der Waals surface area (Å²) in [4.78, 5) is 40.6. The number of unbranched alkanes of at least 4 members (excludes halogenated alkanes) is 14. The van der Waals surface area contributed by atoms with E-state index in [4.69, 9.17) is 23.7 Å². The fraction of sp³-hybridized carbons (Fsp3) is 0.809. The summed E-state index contributed by atoms with van der Waals surface area (Å²) in [6.07, 6.45) is 23.2. The van der Waals surface area contributed by atoms with Crippen LogP contribution in [0.3, 0.4) is 0 Å². The van der Waals surface area contributed by atoms with Crippen molar-refractivity contribution in [3.8, 4) is 0 Å². The Balaban J connectivity index is 1.78. The van der Waals surface area contributed by atoms with Crippen LogP contribution in [-0.2, 0) is 46.5 Å². The number of carbonyl (C=O) groups excluding carboxylic acids is 3. The van der Waals surface area contributed by atoms with Crippen LogP contribution in [0.2, 0.25) is 0 Å². The third-order valence-corrected chi connectivity index (χ3v) is 10.7. The largest absolute Gasteiger partial charge is 0.461 e. The van der Waals surface area contributed by atoms with E-state index in [0.717, 1.165) is 87.7 Å². The number of nitrogens with zero attached hydrogens (tertiary/aromatic N) is 1. The standard InChI is InChI=1S/C47H82N2O8/c1-5-8-11-14-17-22-33-53-46(54-34-23-18-15-12-9-6-2)28-27-45(51)56-39-42-36-40(4)35-41(37-42)38-55-44(50)26-25-43(24-19-16-13-10-7-3)57-47(52)48-29-32-49-30-20-21-31-49/h35-37,43,46H,5-34,38-39H2,1-4H3,(H,48,52). The van der Waals surface area contributed by atoms with Crippen LogP contribution in [0.4, 0.5) is 4.79 Å². The molecule has 0 aromatic heterocycles. The molecule has 57 heavy (non-hydrogen) atoms. The Hall–Kier alpha value is -2.69. The number of alkyl carbamates (subject to hydrolysis) is 1. The third-order valence-electron chi connectivity index (χ3n) is 10.7. The first-order valence-corrected chi connectivity index (χ1v) is 23.1. The quantitative estimate of drug-likeness (QED) is 0.0307. The van der Waals surface area contributed by atoms with Gasteiger partial charge in [0.2, 0.25) is 0 Å². The summed E-state index contributed by atoms with van der Waals surface area (Å²) in [6.45, 7) is 13.7. The number of nitrogens with one attached hydrogen (secondary N) is 1. The van der Waals surface area contributed by atoms with Gasteiger partial charge in [0.15, 0.2) is 6.29 Å². The molecule has 1 fully saturated rings. The monoisotopic (exact) mass is 803 g/mol. The van der Waals surface area contributed by atoms with Crippen molar-refractivity contribution < 1.29 is 38.1 Å². The average molecular weight is 803 g/mol. The Morgan fingerprint density at radius 1 is 0.632 bits per heavy atom. The number of esters is 2. The van der Waals surface area contributed by atoms with Crippen LogP contribution in [-0.4, -0.2) is 74.7 Å². The van der Waals surface area contributed by atoms with Gasteiger partial charge in [-0.2, -0.15) is 0 Å². The van der Waals surface area contributed by atoms with Gasteiger partial charge in [-0.25, -0.2) is 4.79 Å². The molecule has 2 rings (SSSR count). The van der Waals surface area contributed by atoms with Crippen molar-refractivity contribution in [2.75, 3.05) is 39.4 Å². The fourth-order valence-electron chi connectivity index (χ4n) is 7.26. The molecule has 1 aromatic rings. The summed E-state index contributed by atoms with van der Waals surface area (Å²) in [6, 6.07) is 5.87. The molecule has 1 aromatic carbocycles. The summed E-state index contributed by atoms with van der Waals surface area (Å²) in [5.41, 5.74) is 2.67. The Kier molecular flexibility index (Phi) is 30.3. The second-order valence-electron chi connectivity index (χ2n) is 16.1. The highest BCUT2D eigenvalue weighted by Gasteiger charge is 2.19. The molecular weight excluding hydrogens is 721 g/mol. The number of carbonyl (C=O) groups is 3. The summed E-state index contributed by atoms with van der Waals surface area (Å²) in [5.74, 6) is -0.617. The molecule has 0 saturated carbocycles. The zero-order chi connectivity index (χ0) is 41.2. The van der Waals surface area contributed by atoms with Crippen molar-refractivity contribution in [2.24, 2.45) is 0 Å². The summed E-state index contributed by atoms with van der Waals surface area (Å²) >= 11 is 0. The van der Waals surface area contributed by atoms with Crippen LogP contribution in [0.25, 0.3) is 0 Å². The molecule has 0 bridgehead atoms. The van der Waals surface area contributed by atoms with Crippen molar-refractivity contribution in [3.63, 3.8) is 0 Å². The number of rotatable bonds is 36. The molecule has 1 atom stereocenters. The van der Waals surface area contributed by atoms with Gasteiger partial charge < -0.3 is 33.9 Å². The second kappa shape index (κ2) is 34.2. The molecule has 328 valence electrons. The first-order valence-electron chi connectivity index (χ1n) is 23.1. The van der Waals surface area contributed by atoms with Gasteiger partial charge in [0.1, 0.15) is 19.3 Å². The van der Waals surface area contributed by atoms with E-state index in [9.17, 15) is 14.4 Å². The summed E-state index contributed by atoms with van der Waals surface area (Å²) < 4.78 is 29.3. The number of benzene rings is 1. The van der Waals surface area contributed by atoms with Gasteiger partial charge in [-0.15, -0.1) is 0 Å². The zero-order valence-electron chi connectivity index (χ0n) is 36.7. The van der Waals surface area contributed by atoms with Crippen molar-refractivity contribution in [1.29, 1.82) is 0 Å². The summed E-state index contributed by atoms with van der Waals surface area (Å²) in [7, 11) is 0. The zero-order valence-corrected chi connectivity index (χ0v) is 36.7. The number of hydrogen-bond donors (Lipinski definition) is 1. The molecule has 1 aliphatic heterocycles. The normalized spacial score (nSPS) is 13.6. The topological polar surface area (TPSA) is 113 Å². The van der Waals surface area contributed by atoms with E-state index < -0.39 is 12.4 Å². The molecular formula is C47H82N2O8. The summed E-state index contributed by atoms with van der Waals surface area (Å²) in [5, 5.41) is 2.89. The second-order valence-corrected chi connectivity index (χ2v) is 16.1. The fourth-order valence-corrected chi connectivity index (χ4v) is 7.26. The lowest BCUT2D eigenvalue weighted by molar-refractivity contribution is -0.160. The number of likely N-dealkylation sites (tertiary alicyclic amines) is 1. The van der Waals surface area contributed by atoms with Crippen molar-refractivity contribution >= 4 is 18.0 Å². The van der Waals surface area contributed by atoms with E-state index in [1.165, 1.54) is 77.0 Å². The molecule has 1 unspecified atom stereocenters. The van der Waals surface area contributed by atoms with Gasteiger partial charge in [0.05, 0.1) is 6.42 Å². The number of ether oxygens (including phenoxy) is 5.